The van der Waals surface area contributed by atoms with Crippen LogP contribution in [0.5, 0.6) is 0 Å². The van der Waals surface area contributed by atoms with Crippen LogP contribution < -0.4 is 10.6 Å². The second-order valence-electron chi connectivity index (χ2n) is 9.00. The molecule has 1 unspecified atom stereocenters. The van der Waals surface area contributed by atoms with Gasteiger partial charge in [0.1, 0.15) is 11.4 Å². The van der Waals surface area contributed by atoms with Crippen LogP contribution in [0.1, 0.15) is 18.1 Å². The van der Waals surface area contributed by atoms with Gasteiger partial charge in [0.25, 0.3) is 11.8 Å². The Bertz CT molecular complexity index is 1250. The summed E-state index contributed by atoms with van der Waals surface area (Å²) in [6.45, 7) is 4.81. The molecule has 1 fully saturated rings. The van der Waals surface area contributed by atoms with Gasteiger partial charge in [-0.2, -0.15) is 0 Å². The maximum absolute atomic E-state index is 13.8. The average Bonchev–Trinajstić information content (AvgIpc) is 3.36. The SMILES string of the molecule is CN1CCN(C(=O)C2=CN=CC2(C)NC(=C2C(=O)Nc3cc(F)ccc32)c2ccccc2)CC1. The molecule has 0 bridgehead atoms. The van der Waals surface area contributed by atoms with Crippen LogP contribution >= 0.6 is 0 Å². The molecule has 0 saturated carbocycles. The summed E-state index contributed by atoms with van der Waals surface area (Å²) < 4.78 is 13.8. The molecule has 1 saturated heterocycles. The summed E-state index contributed by atoms with van der Waals surface area (Å²) >= 11 is 0. The highest BCUT2D eigenvalue weighted by atomic mass is 19.1. The quantitative estimate of drug-likeness (QED) is 0.690. The van der Waals surface area contributed by atoms with E-state index in [1.165, 1.54) is 12.1 Å². The Labute approximate surface area is 197 Å². The van der Waals surface area contributed by atoms with Gasteiger partial charge in [0.05, 0.1) is 22.5 Å². The van der Waals surface area contributed by atoms with Crippen LogP contribution in [-0.2, 0) is 9.59 Å². The minimum atomic E-state index is -0.929. The Kier molecular flexibility index (Phi) is 5.53. The molecular weight excluding hydrogens is 433 g/mol. The third kappa shape index (κ3) is 3.90. The van der Waals surface area contributed by atoms with Crippen molar-refractivity contribution in [3.63, 3.8) is 0 Å². The fraction of sp³-hybridized carbons (Fsp3) is 0.269. The molecule has 2 N–H and O–H groups in total. The van der Waals surface area contributed by atoms with Gasteiger partial charge in [0.15, 0.2) is 0 Å². The predicted octanol–water partition coefficient (Wildman–Crippen LogP) is 2.74. The number of hydrogen-bond donors (Lipinski definition) is 2. The molecule has 3 heterocycles. The Morgan fingerprint density at radius 1 is 1.12 bits per heavy atom. The van der Waals surface area contributed by atoms with Crippen LogP contribution in [0.15, 0.2) is 65.3 Å². The van der Waals surface area contributed by atoms with Crippen LogP contribution in [-0.4, -0.2) is 66.6 Å². The van der Waals surface area contributed by atoms with Crippen LogP contribution in [0.4, 0.5) is 10.1 Å². The van der Waals surface area contributed by atoms with Gasteiger partial charge in [-0.05, 0) is 37.7 Å². The number of anilines is 1. The molecule has 174 valence electrons. The largest absolute Gasteiger partial charge is 0.370 e. The summed E-state index contributed by atoms with van der Waals surface area (Å²) in [7, 11) is 2.04. The van der Waals surface area contributed by atoms with Crippen molar-refractivity contribution in [2.45, 2.75) is 12.5 Å². The van der Waals surface area contributed by atoms with Crippen LogP contribution in [0, 0.1) is 5.82 Å². The summed E-state index contributed by atoms with van der Waals surface area (Å²) in [6, 6.07) is 13.7. The fourth-order valence-electron chi connectivity index (χ4n) is 4.56. The van der Waals surface area contributed by atoms with Gasteiger partial charge < -0.3 is 20.4 Å². The zero-order chi connectivity index (χ0) is 23.9. The first kappa shape index (κ1) is 22.0. The molecule has 0 aromatic heterocycles. The van der Waals surface area contributed by atoms with Gasteiger partial charge >= 0.3 is 0 Å². The van der Waals surface area contributed by atoms with Crippen molar-refractivity contribution in [1.82, 2.24) is 15.1 Å². The molecule has 0 radical (unpaired) electrons. The lowest BCUT2D eigenvalue weighted by Crippen LogP contribution is -2.52. The molecule has 2 aromatic rings. The number of fused-ring (bicyclic) bond motifs is 1. The van der Waals surface area contributed by atoms with E-state index >= 15 is 0 Å². The summed E-state index contributed by atoms with van der Waals surface area (Å²) in [5, 5.41) is 6.23. The van der Waals surface area contributed by atoms with Gasteiger partial charge in [0, 0.05) is 44.2 Å². The van der Waals surface area contributed by atoms with E-state index in [-0.39, 0.29) is 11.8 Å². The topological polar surface area (TPSA) is 77.0 Å². The van der Waals surface area contributed by atoms with E-state index in [0.29, 0.717) is 41.2 Å². The lowest BCUT2D eigenvalue weighted by Gasteiger charge is -2.36. The number of carbonyl (C=O) groups excluding carboxylic acids is 2. The number of carbonyl (C=O) groups is 2. The third-order valence-corrected chi connectivity index (χ3v) is 6.54. The maximum Gasteiger partial charge on any atom is 0.258 e. The third-order valence-electron chi connectivity index (χ3n) is 6.54. The standard InChI is InChI=1S/C26H26FN5O2/c1-26(16-28-15-20(26)25(34)32-12-10-31(2)11-13-32)30-23(17-6-4-3-5-7-17)22-19-9-8-18(27)14-21(19)29-24(22)33/h3-9,14-16,30H,10-13H2,1-2H3,(H,29,33). The van der Waals surface area contributed by atoms with Crippen molar-refractivity contribution >= 4 is 35.0 Å². The van der Waals surface area contributed by atoms with E-state index in [0.717, 1.165) is 18.7 Å². The van der Waals surface area contributed by atoms with Crippen LogP contribution in [0.2, 0.25) is 0 Å². The smallest absolute Gasteiger partial charge is 0.258 e. The number of likely N-dealkylation sites (N-methyl/N-ethyl adjacent to an activating group) is 1. The minimum absolute atomic E-state index is 0.0728. The van der Waals surface area contributed by atoms with Gasteiger partial charge in [-0.3, -0.25) is 14.6 Å². The van der Waals surface area contributed by atoms with Crippen molar-refractivity contribution in [2.75, 3.05) is 38.5 Å². The molecule has 0 aliphatic carbocycles. The minimum Gasteiger partial charge on any atom is -0.370 e. The number of hydrogen-bond acceptors (Lipinski definition) is 5. The zero-order valence-electron chi connectivity index (χ0n) is 19.1. The molecule has 2 aromatic carbocycles. The van der Waals surface area contributed by atoms with E-state index in [2.05, 4.69) is 20.5 Å². The number of halogens is 1. The average molecular weight is 460 g/mol. The lowest BCUT2D eigenvalue weighted by atomic mass is 9.91. The Balaban J connectivity index is 1.55. The number of amides is 2. The van der Waals surface area contributed by atoms with E-state index in [9.17, 15) is 14.0 Å². The molecule has 2 amide bonds. The Morgan fingerprint density at radius 2 is 1.85 bits per heavy atom. The van der Waals surface area contributed by atoms with E-state index < -0.39 is 11.4 Å². The van der Waals surface area contributed by atoms with Gasteiger partial charge in [-0.15, -0.1) is 0 Å². The van der Waals surface area contributed by atoms with Crippen molar-refractivity contribution in [3.05, 3.63) is 77.2 Å². The summed E-state index contributed by atoms with van der Waals surface area (Å²) in [6.07, 6.45) is 3.29. The Morgan fingerprint density at radius 3 is 2.59 bits per heavy atom. The van der Waals surface area contributed by atoms with E-state index in [4.69, 9.17) is 0 Å². The van der Waals surface area contributed by atoms with Gasteiger partial charge in [0.2, 0.25) is 0 Å². The van der Waals surface area contributed by atoms with Gasteiger partial charge in [-0.25, -0.2) is 4.39 Å². The first-order valence-corrected chi connectivity index (χ1v) is 11.3. The zero-order valence-corrected chi connectivity index (χ0v) is 19.1. The van der Waals surface area contributed by atoms with Crippen molar-refractivity contribution in [3.8, 4) is 0 Å². The summed E-state index contributed by atoms with van der Waals surface area (Å²) in [5.41, 5.74) is 2.34. The molecule has 5 rings (SSSR count). The summed E-state index contributed by atoms with van der Waals surface area (Å²) in [5.74, 6) is -0.829. The number of piperazine rings is 1. The molecule has 3 aliphatic rings. The first-order chi connectivity index (χ1) is 16.4. The molecule has 0 spiro atoms. The predicted molar refractivity (Wildman–Crippen MR) is 130 cm³/mol. The Hall–Kier alpha value is -3.78. The molecule has 7 nitrogen and oxygen atoms in total. The second kappa shape index (κ2) is 8.53. The number of nitrogens with one attached hydrogen (secondary N) is 2. The molecular formula is C26H26FN5O2. The van der Waals surface area contributed by atoms with Gasteiger partial charge in [-0.1, -0.05) is 30.3 Å². The molecule has 1 atom stereocenters. The van der Waals surface area contributed by atoms with E-state index in [1.54, 1.807) is 18.5 Å². The van der Waals surface area contributed by atoms with Crippen molar-refractivity contribution in [2.24, 2.45) is 4.99 Å². The number of benzene rings is 2. The van der Waals surface area contributed by atoms with Crippen molar-refractivity contribution in [1.29, 1.82) is 0 Å². The highest BCUT2D eigenvalue weighted by Crippen LogP contribution is 2.38. The van der Waals surface area contributed by atoms with Crippen LogP contribution in [0.3, 0.4) is 0 Å². The molecule has 3 aliphatic heterocycles. The van der Waals surface area contributed by atoms with Crippen LogP contribution in [0.25, 0.3) is 11.3 Å². The number of rotatable bonds is 4. The summed E-state index contributed by atoms with van der Waals surface area (Å²) in [4.78, 5) is 34.9. The normalized spacial score (nSPS) is 23.4. The van der Waals surface area contributed by atoms with Crippen molar-refractivity contribution < 1.29 is 14.0 Å². The maximum atomic E-state index is 13.8. The number of nitrogens with zero attached hydrogens (tertiary/aromatic N) is 3. The lowest BCUT2D eigenvalue weighted by molar-refractivity contribution is -0.129. The van der Waals surface area contributed by atoms with E-state index in [1.807, 2.05) is 49.2 Å². The fourth-order valence-corrected chi connectivity index (χ4v) is 4.56. The molecule has 34 heavy (non-hydrogen) atoms. The second-order valence-corrected chi connectivity index (χ2v) is 9.00. The highest BCUT2D eigenvalue weighted by Gasteiger charge is 2.40. The molecule has 8 heteroatoms. The highest BCUT2D eigenvalue weighted by molar-refractivity contribution is 6.36. The number of aliphatic imine (C=N–C) groups is 1. The monoisotopic (exact) mass is 459 g/mol. The first-order valence-electron chi connectivity index (χ1n) is 11.3.